The van der Waals surface area contributed by atoms with Crippen molar-refractivity contribution in [1.29, 1.82) is 0 Å². The van der Waals surface area contributed by atoms with Gasteiger partial charge in [-0.2, -0.15) is 0 Å². The first-order valence-corrected chi connectivity index (χ1v) is 10.6. The molecule has 1 aromatic rings. The Hall–Kier alpha value is -2.55. The first kappa shape index (κ1) is 21.2. The molecule has 1 saturated heterocycles. The SMILES string of the molecule is CN(C)C(=O)Sc1ccc(NC(=O)CCN2C(=O)NC3(CCCCC3)C2=O)cc1. The first-order valence-electron chi connectivity index (χ1n) is 9.74. The van der Waals surface area contributed by atoms with Crippen LogP contribution in [-0.4, -0.2) is 59.1 Å². The van der Waals surface area contributed by atoms with Crippen LogP contribution in [0.5, 0.6) is 0 Å². The number of carbonyl (C=O) groups excluding carboxylic acids is 4. The molecule has 1 heterocycles. The van der Waals surface area contributed by atoms with Gasteiger partial charge >= 0.3 is 6.03 Å². The van der Waals surface area contributed by atoms with E-state index in [4.69, 9.17) is 0 Å². The molecule has 1 aliphatic carbocycles. The number of anilines is 1. The van der Waals surface area contributed by atoms with Crippen LogP contribution in [0.1, 0.15) is 38.5 Å². The molecule has 0 aromatic heterocycles. The predicted molar refractivity (Wildman–Crippen MR) is 111 cm³/mol. The summed E-state index contributed by atoms with van der Waals surface area (Å²) in [5, 5.41) is 5.52. The number of hydrogen-bond acceptors (Lipinski definition) is 5. The van der Waals surface area contributed by atoms with Crippen LogP contribution >= 0.6 is 11.8 Å². The van der Waals surface area contributed by atoms with Crippen molar-refractivity contribution < 1.29 is 19.2 Å². The fourth-order valence-electron chi connectivity index (χ4n) is 3.61. The zero-order valence-electron chi connectivity index (χ0n) is 16.7. The summed E-state index contributed by atoms with van der Waals surface area (Å²) in [6.45, 7) is 0.0590. The Bertz CT molecular complexity index is 803. The molecule has 1 aromatic carbocycles. The molecule has 0 unspecified atom stereocenters. The summed E-state index contributed by atoms with van der Waals surface area (Å²) in [5.41, 5.74) is -0.166. The lowest BCUT2D eigenvalue weighted by Gasteiger charge is -2.30. The number of urea groups is 1. The van der Waals surface area contributed by atoms with E-state index in [0.29, 0.717) is 18.5 Å². The summed E-state index contributed by atoms with van der Waals surface area (Å²) in [4.78, 5) is 52.3. The number of thioether (sulfide) groups is 1. The van der Waals surface area contributed by atoms with E-state index in [0.717, 1.165) is 40.8 Å². The number of nitrogens with zero attached hydrogens (tertiary/aromatic N) is 2. The molecule has 156 valence electrons. The minimum Gasteiger partial charge on any atom is -0.339 e. The summed E-state index contributed by atoms with van der Waals surface area (Å²) in [6.07, 6.45) is 4.30. The standard InChI is InChI=1S/C20H26N4O4S/c1-23(2)19(28)29-15-8-6-14(7-9-15)21-16(25)10-13-24-17(26)20(22-18(24)27)11-4-3-5-12-20/h6-9H,3-5,10-13H2,1-2H3,(H,21,25)(H,22,27). The minimum atomic E-state index is -0.761. The zero-order valence-corrected chi connectivity index (χ0v) is 17.5. The highest BCUT2D eigenvalue weighted by Gasteiger charge is 2.51. The Labute approximate surface area is 174 Å². The highest BCUT2D eigenvalue weighted by molar-refractivity contribution is 8.13. The number of amides is 5. The van der Waals surface area contributed by atoms with E-state index in [1.165, 1.54) is 4.90 Å². The van der Waals surface area contributed by atoms with E-state index in [1.54, 1.807) is 38.4 Å². The topological polar surface area (TPSA) is 98.8 Å². The van der Waals surface area contributed by atoms with Crippen LogP contribution < -0.4 is 10.6 Å². The molecule has 0 atom stereocenters. The number of rotatable bonds is 5. The summed E-state index contributed by atoms with van der Waals surface area (Å²) in [6, 6.07) is 6.54. The largest absolute Gasteiger partial charge is 0.339 e. The minimum absolute atomic E-state index is 0.0326. The van der Waals surface area contributed by atoms with Crippen molar-refractivity contribution in [1.82, 2.24) is 15.1 Å². The summed E-state index contributed by atoms with van der Waals surface area (Å²) < 4.78 is 0. The van der Waals surface area contributed by atoms with Crippen molar-refractivity contribution in [3.63, 3.8) is 0 Å². The molecule has 9 heteroatoms. The molecule has 2 N–H and O–H groups in total. The molecule has 0 bridgehead atoms. The Morgan fingerprint density at radius 2 is 1.79 bits per heavy atom. The highest BCUT2D eigenvalue weighted by atomic mass is 32.2. The molecular weight excluding hydrogens is 392 g/mol. The quantitative estimate of drug-likeness (QED) is 0.566. The van der Waals surface area contributed by atoms with Crippen molar-refractivity contribution in [3.8, 4) is 0 Å². The fraction of sp³-hybridized carbons (Fsp3) is 0.500. The molecule has 1 saturated carbocycles. The average molecular weight is 419 g/mol. The Morgan fingerprint density at radius 3 is 2.41 bits per heavy atom. The predicted octanol–water partition coefficient (Wildman–Crippen LogP) is 3.04. The first-order chi connectivity index (χ1) is 13.8. The second kappa shape index (κ2) is 8.86. The molecule has 1 aliphatic heterocycles. The van der Waals surface area contributed by atoms with Gasteiger partial charge in [0.05, 0.1) is 0 Å². The number of carbonyl (C=O) groups is 4. The highest BCUT2D eigenvalue weighted by Crippen LogP contribution is 2.33. The van der Waals surface area contributed by atoms with Crippen molar-refractivity contribution in [2.24, 2.45) is 0 Å². The molecule has 5 amide bonds. The third kappa shape index (κ3) is 4.90. The monoisotopic (exact) mass is 418 g/mol. The van der Waals surface area contributed by atoms with E-state index in [9.17, 15) is 19.2 Å². The molecular formula is C20H26N4O4S. The molecule has 2 aliphatic rings. The van der Waals surface area contributed by atoms with E-state index >= 15 is 0 Å². The smallest absolute Gasteiger partial charge is 0.325 e. The average Bonchev–Trinajstić information content (AvgIpc) is 2.91. The maximum Gasteiger partial charge on any atom is 0.325 e. The van der Waals surface area contributed by atoms with Gasteiger partial charge in [-0.05, 0) is 48.9 Å². The lowest BCUT2D eigenvalue weighted by atomic mass is 9.82. The van der Waals surface area contributed by atoms with Crippen LogP contribution in [-0.2, 0) is 9.59 Å². The Kier molecular flexibility index (Phi) is 6.46. The molecule has 8 nitrogen and oxygen atoms in total. The van der Waals surface area contributed by atoms with Crippen LogP contribution in [0.4, 0.5) is 15.3 Å². The number of nitrogens with one attached hydrogen (secondary N) is 2. The maximum atomic E-state index is 12.7. The third-order valence-electron chi connectivity index (χ3n) is 5.22. The van der Waals surface area contributed by atoms with E-state index < -0.39 is 11.6 Å². The number of benzene rings is 1. The Balaban J connectivity index is 1.50. The normalized spacial score (nSPS) is 17.9. The van der Waals surface area contributed by atoms with E-state index in [1.807, 2.05) is 0 Å². The van der Waals surface area contributed by atoms with Crippen LogP contribution in [0, 0.1) is 0 Å². The van der Waals surface area contributed by atoms with Gasteiger partial charge in [-0.1, -0.05) is 19.3 Å². The molecule has 29 heavy (non-hydrogen) atoms. The van der Waals surface area contributed by atoms with Gasteiger partial charge in [0.15, 0.2) is 0 Å². The van der Waals surface area contributed by atoms with Crippen LogP contribution in [0.3, 0.4) is 0 Å². The number of hydrogen-bond donors (Lipinski definition) is 2. The summed E-state index contributed by atoms with van der Waals surface area (Å²) in [7, 11) is 3.37. The van der Waals surface area contributed by atoms with Crippen molar-refractivity contribution in [2.75, 3.05) is 26.0 Å². The van der Waals surface area contributed by atoms with Crippen LogP contribution in [0.25, 0.3) is 0 Å². The third-order valence-corrected chi connectivity index (χ3v) is 6.27. The fourth-order valence-corrected chi connectivity index (χ4v) is 4.27. The summed E-state index contributed by atoms with van der Waals surface area (Å²) >= 11 is 1.10. The van der Waals surface area contributed by atoms with Gasteiger partial charge in [-0.25, -0.2) is 4.79 Å². The Morgan fingerprint density at radius 1 is 1.14 bits per heavy atom. The van der Waals surface area contributed by atoms with E-state index in [-0.39, 0.29) is 30.0 Å². The van der Waals surface area contributed by atoms with Crippen molar-refractivity contribution in [3.05, 3.63) is 24.3 Å². The van der Waals surface area contributed by atoms with Gasteiger partial charge < -0.3 is 15.5 Å². The van der Waals surface area contributed by atoms with Gasteiger partial charge in [0.2, 0.25) is 5.91 Å². The van der Waals surface area contributed by atoms with Crippen molar-refractivity contribution in [2.45, 2.75) is 49.0 Å². The number of imide groups is 1. The van der Waals surface area contributed by atoms with Gasteiger partial charge in [0.25, 0.3) is 11.1 Å². The zero-order chi connectivity index (χ0) is 21.0. The van der Waals surface area contributed by atoms with Crippen LogP contribution in [0.2, 0.25) is 0 Å². The van der Waals surface area contributed by atoms with E-state index in [2.05, 4.69) is 10.6 Å². The van der Waals surface area contributed by atoms with Gasteiger partial charge in [0.1, 0.15) is 5.54 Å². The molecule has 0 radical (unpaired) electrons. The summed E-state index contributed by atoms with van der Waals surface area (Å²) in [5.74, 6) is -0.484. The lowest BCUT2D eigenvalue weighted by Crippen LogP contribution is -2.48. The maximum absolute atomic E-state index is 12.7. The van der Waals surface area contributed by atoms with Gasteiger partial charge in [-0.15, -0.1) is 0 Å². The molecule has 3 rings (SSSR count). The lowest BCUT2D eigenvalue weighted by molar-refractivity contribution is -0.132. The van der Waals surface area contributed by atoms with Crippen molar-refractivity contribution >= 4 is 40.5 Å². The molecule has 1 spiro atoms. The van der Waals surface area contributed by atoms with Gasteiger partial charge in [-0.3, -0.25) is 19.3 Å². The van der Waals surface area contributed by atoms with Gasteiger partial charge in [0, 0.05) is 37.6 Å². The van der Waals surface area contributed by atoms with Crippen LogP contribution in [0.15, 0.2) is 29.2 Å². The molecule has 2 fully saturated rings. The second-order valence-corrected chi connectivity index (χ2v) is 8.64. The second-order valence-electron chi connectivity index (χ2n) is 7.61.